The molecule has 0 bridgehead atoms. The third kappa shape index (κ3) is 7.02. The van der Waals surface area contributed by atoms with Gasteiger partial charge in [-0.2, -0.15) is 0 Å². The first kappa shape index (κ1) is 24.2. The number of benzene rings is 2. The molecule has 7 heteroatoms. The largest absolute Gasteiger partial charge is 0.493 e. The van der Waals surface area contributed by atoms with E-state index in [2.05, 4.69) is 9.88 Å². The van der Waals surface area contributed by atoms with Crippen LogP contribution in [-0.4, -0.2) is 55.0 Å². The van der Waals surface area contributed by atoms with Crippen LogP contribution in [0.1, 0.15) is 27.9 Å². The monoisotopic (exact) mass is 451 g/mol. The van der Waals surface area contributed by atoms with E-state index in [1.54, 1.807) is 36.5 Å². The van der Waals surface area contributed by atoms with Gasteiger partial charge in [-0.25, -0.2) is 4.39 Å². The maximum Gasteiger partial charge on any atom is 0.257 e. The van der Waals surface area contributed by atoms with Gasteiger partial charge in [0.1, 0.15) is 5.82 Å². The number of halogens is 1. The summed E-state index contributed by atoms with van der Waals surface area (Å²) in [7, 11) is 5.63. The van der Waals surface area contributed by atoms with Crippen molar-refractivity contribution in [2.45, 2.75) is 19.5 Å². The van der Waals surface area contributed by atoms with E-state index in [0.717, 1.165) is 24.1 Å². The second-order valence-corrected chi connectivity index (χ2v) is 7.99. The van der Waals surface area contributed by atoms with E-state index in [9.17, 15) is 9.18 Å². The van der Waals surface area contributed by atoms with Gasteiger partial charge < -0.3 is 19.3 Å². The van der Waals surface area contributed by atoms with Gasteiger partial charge >= 0.3 is 0 Å². The molecule has 3 aromatic rings. The second-order valence-electron chi connectivity index (χ2n) is 7.99. The number of nitrogens with zero attached hydrogens (tertiary/aromatic N) is 3. The van der Waals surface area contributed by atoms with E-state index >= 15 is 0 Å². The lowest BCUT2D eigenvalue weighted by atomic mass is 10.1. The standard InChI is InChI=1S/C26H30FN3O3/c1-29(2)14-7-15-33-25-16-20(11-12-24(25)32-3)18-30(19-21-8-6-13-28-17-21)26(31)22-9-4-5-10-23(22)27/h4-6,8-13,16-17H,7,14-15,18-19H2,1-3H3. The molecule has 6 nitrogen and oxygen atoms in total. The second kappa shape index (κ2) is 12.0. The Balaban J connectivity index is 1.83. The molecule has 0 saturated heterocycles. The summed E-state index contributed by atoms with van der Waals surface area (Å²) in [5.41, 5.74) is 1.75. The zero-order valence-electron chi connectivity index (χ0n) is 19.3. The maximum absolute atomic E-state index is 14.4. The zero-order valence-corrected chi connectivity index (χ0v) is 19.3. The highest BCUT2D eigenvalue weighted by Gasteiger charge is 2.20. The number of carbonyl (C=O) groups excluding carboxylic acids is 1. The fourth-order valence-electron chi connectivity index (χ4n) is 3.43. The van der Waals surface area contributed by atoms with Crippen LogP contribution in [0.4, 0.5) is 4.39 Å². The average Bonchev–Trinajstić information content (AvgIpc) is 2.82. The predicted molar refractivity (Wildman–Crippen MR) is 126 cm³/mol. The van der Waals surface area contributed by atoms with Crippen LogP contribution in [0.5, 0.6) is 11.5 Å². The number of aromatic nitrogens is 1. The van der Waals surface area contributed by atoms with Crippen molar-refractivity contribution in [1.82, 2.24) is 14.8 Å². The summed E-state index contributed by atoms with van der Waals surface area (Å²) >= 11 is 0. The SMILES string of the molecule is COc1ccc(CN(Cc2cccnc2)C(=O)c2ccccc2F)cc1OCCCN(C)C. The lowest BCUT2D eigenvalue weighted by molar-refractivity contribution is 0.0725. The van der Waals surface area contributed by atoms with E-state index in [-0.39, 0.29) is 18.0 Å². The Bertz CT molecular complexity index is 1040. The normalized spacial score (nSPS) is 10.8. The number of hydrogen-bond donors (Lipinski definition) is 0. The van der Waals surface area contributed by atoms with Crippen molar-refractivity contribution < 1.29 is 18.7 Å². The van der Waals surface area contributed by atoms with Gasteiger partial charge in [0.2, 0.25) is 0 Å². The number of ether oxygens (including phenoxy) is 2. The molecule has 0 aliphatic rings. The first-order chi connectivity index (χ1) is 16.0. The molecule has 2 aromatic carbocycles. The van der Waals surface area contributed by atoms with Gasteiger partial charge in [0.25, 0.3) is 5.91 Å². The van der Waals surface area contributed by atoms with Crippen molar-refractivity contribution in [3.05, 3.63) is 89.5 Å². The number of methoxy groups -OCH3 is 1. The maximum atomic E-state index is 14.4. The highest BCUT2D eigenvalue weighted by molar-refractivity contribution is 5.94. The molecule has 0 saturated carbocycles. The lowest BCUT2D eigenvalue weighted by Crippen LogP contribution is -2.30. The summed E-state index contributed by atoms with van der Waals surface area (Å²) in [5, 5.41) is 0. The summed E-state index contributed by atoms with van der Waals surface area (Å²) in [6.45, 7) is 2.04. The Hall–Kier alpha value is -3.45. The molecule has 0 radical (unpaired) electrons. The predicted octanol–water partition coefficient (Wildman–Crippen LogP) is 4.40. The molecule has 0 aliphatic heterocycles. The third-order valence-corrected chi connectivity index (χ3v) is 5.10. The number of amides is 1. The summed E-state index contributed by atoms with van der Waals surface area (Å²) < 4.78 is 25.8. The van der Waals surface area contributed by atoms with Crippen molar-refractivity contribution >= 4 is 5.91 Å². The third-order valence-electron chi connectivity index (χ3n) is 5.10. The first-order valence-electron chi connectivity index (χ1n) is 10.8. The first-order valence-corrected chi connectivity index (χ1v) is 10.8. The van der Waals surface area contributed by atoms with Gasteiger partial charge in [-0.1, -0.05) is 24.3 Å². The van der Waals surface area contributed by atoms with Gasteiger partial charge in [-0.3, -0.25) is 9.78 Å². The Morgan fingerprint density at radius 1 is 1.00 bits per heavy atom. The average molecular weight is 452 g/mol. The highest BCUT2D eigenvalue weighted by atomic mass is 19.1. The van der Waals surface area contributed by atoms with Crippen molar-refractivity contribution in [3.63, 3.8) is 0 Å². The molecule has 1 heterocycles. The van der Waals surface area contributed by atoms with E-state index in [1.807, 2.05) is 44.4 Å². The van der Waals surface area contributed by atoms with Gasteiger partial charge in [-0.05, 0) is 62.0 Å². The molecule has 0 spiro atoms. The minimum atomic E-state index is -0.543. The number of carbonyl (C=O) groups is 1. The molecule has 0 fully saturated rings. The fourth-order valence-corrected chi connectivity index (χ4v) is 3.43. The number of rotatable bonds is 11. The summed E-state index contributed by atoms with van der Waals surface area (Å²) in [4.78, 5) is 21.1. The molecule has 33 heavy (non-hydrogen) atoms. The summed E-state index contributed by atoms with van der Waals surface area (Å²) in [6.07, 6.45) is 4.25. The molecular weight excluding hydrogens is 421 g/mol. The van der Waals surface area contributed by atoms with Crippen molar-refractivity contribution in [1.29, 1.82) is 0 Å². The fraction of sp³-hybridized carbons (Fsp3) is 0.308. The Morgan fingerprint density at radius 3 is 2.48 bits per heavy atom. The molecule has 1 aromatic heterocycles. The topological polar surface area (TPSA) is 54.9 Å². The van der Waals surface area contributed by atoms with Crippen LogP contribution in [0.25, 0.3) is 0 Å². The molecule has 174 valence electrons. The van der Waals surface area contributed by atoms with E-state index in [0.29, 0.717) is 24.7 Å². The van der Waals surface area contributed by atoms with Gasteiger partial charge in [0.05, 0.1) is 19.3 Å². The van der Waals surface area contributed by atoms with Crippen molar-refractivity contribution in [2.24, 2.45) is 0 Å². The van der Waals surface area contributed by atoms with Gasteiger partial charge in [0.15, 0.2) is 11.5 Å². The molecule has 1 amide bonds. The highest BCUT2D eigenvalue weighted by Crippen LogP contribution is 2.29. The van der Waals surface area contributed by atoms with Crippen LogP contribution in [0.2, 0.25) is 0 Å². The summed E-state index contributed by atoms with van der Waals surface area (Å²) in [5.74, 6) is 0.316. The molecule has 0 N–H and O–H groups in total. The Kier molecular flexibility index (Phi) is 8.78. The van der Waals surface area contributed by atoms with Crippen LogP contribution >= 0.6 is 0 Å². The van der Waals surface area contributed by atoms with Crippen LogP contribution in [0, 0.1) is 5.82 Å². The van der Waals surface area contributed by atoms with Crippen molar-refractivity contribution in [3.8, 4) is 11.5 Å². The molecule has 0 atom stereocenters. The van der Waals surface area contributed by atoms with E-state index < -0.39 is 5.82 Å². The Labute approximate surface area is 194 Å². The van der Waals surface area contributed by atoms with Gasteiger partial charge in [0, 0.05) is 32.0 Å². The smallest absolute Gasteiger partial charge is 0.257 e. The number of pyridine rings is 1. The van der Waals surface area contributed by atoms with Crippen LogP contribution in [0.15, 0.2) is 67.0 Å². The zero-order chi connectivity index (χ0) is 23.6. The minimum absolute atomic E-state index is 0.0371. The molecule has 0 aliphatic carbocycles. The number of hydrogen-bond acceptors (Lipinski definition) is 5. The summed E-state index contributed by atoms with van der Waals surface area (Å²) in [6, 6.07) is 15.3. The quantitative estimate of drug-likeness (QED) is 0.405. The van der Waals surface area contributed by atoms with Crippen LogP contribution in [0.3, 0.4) is 0 Å². The van der Waals surface area contributed by atoms with Crippen molar-refractivity contribution in [2.75, 3.05) is 34.4 Å². The molecule has 3 rings (SSSR count). The molecule has 0 unspecified atom stereocenters. The van der Waals surface area contributed by atoms with Gasteiger partial charge in [-0.15, -0.1) is 0 Å². The lowest BCUT2D eigenvalue weighted by Gasteiger charge is -2.24. The van der Waals surface area contributed by atoms with E-state index in [1.165, 1.54) is 12.1 Å². The van der Waals surface area contributed by atoms with Crippen LogP contribution in [-0.2, 0) is 13.1 Å². The minimum Gasteiger partial charge on any atom is -0.493 e. The molecular formula is C26H30FN3O3. The van der Waals surface area contributed by atoms with E-state index in [4.69, 9.17) is 9.47 Å². The van der Waals surface area contributed by atoms with Crippen LogP contribution < -0.4 is 9.47 Å². The Morgan fingerprint density at radius 2 is 1.79 bits per heavy atom.